The third-order valence-electron chi connectivity index (χ3n) is 4.53. The number of hydrogen-bond acceptors (Lipinski definition) is 6. The molecule has 4 atom stereocenters. The van der Waals surface area contributed by atoms with Crippen LogP contribution in [0.2, 0.25) is 0 Å². The maximum Gasteiger partial charge on any atom is 0.323 e. The lowest BCUT2D eigenvalue weighted by molar-refractivity contribution is -0.171. The molecule has 3 heterocycles. The van der Waals surface area contributed by atoms with E-state index in [2.05, 4.69) is 0 Å². The molecule has 0 spiro atoms. The van der Waals surface area contributed by atoms with Crippen molar-refractivity contribution >= 4 is 17.9 Å². The summed E-state index contributed by atoms with van der Waals surface area (Å²) in [4.78, 5) is 34.6. The SMILES string of the molecule is CC(=O)OC[C@@]12CC[C@@H](O1)[C@H]1C(=O)OC(=O)[C@@]12C. The third-order valence-corrected chi connectivity index (χ3v) is 4.53. The van der Waals surface area contributed by atoms with Crippen LogP contribution in [-0.4, -0.2) is 36.2 Å². The summed E-state index contributed by atoms with van der Waals surface area (Å²) in [6.45, 7) is 2.97. The molecule has 3 rings (SSSR count). The fourth-order valence-corrected chi connectivity index (χ4v) is 3.49. The van der Waals surface area contributed by atoms with E-state index in [4.69, 9.17) is 14.2 Å². The van der Waals surface area contributed by atoms with Gasteiger partial charge < -0.3 is 14.2 Å². The molecule has 0 aromatic carbocycles. The summed E-state index contributed by atoms with van der Waals surface area (Å²) in [7, 11) is 0. The summed E-state index contributed by atoms with van der Waals surface area (Å²) in [6.07, 6.45) is 0.981. The minimum absolute atomic E-state index is 0.00574. The zero-order chi connectivity index (χ0) is 13.1. The molecule has 0 unspecified atom stereocenters. The molecule has 18 heavy (non-hydrogen) atoms. The van der Waals surface area contributed by atoms with E-state index in [0.29, 0.717) is 12.8 Å². The van der Waals surface area contributed by atoms with Crippen LogP contribution >= 0.6 is 0 Å². The van der Waals surface area contributed by atoms with Crippen molar-refractivity contribution in [1.29, 1.82) is 0 Å². The maximum absolute atomic E-state index is 12.0. The van der Waals surface area contributed by atoms with Gasteiger partial charge in [0, 0.05) is 6.92 Å². The topological polar surface area (TPSA) is 78.9 Å². The van der Waals surface area contributed by atoms with Gasteiger partial charge >= 0.3 is 17.9 Å². The van der Waals surface area contributed by atoms with Crippen molar-refractivity contribution in [3.8, 4) is 0 Å². The fourth-order valence-electron chi connectivity index (χ4n) is 3.49. The van der Waals surface area contributed by atoms with Gasteiger partial charge in [0.15, 0.2) is 0 Å². The van der Waals surface area contributed by atoms with E-state index in [1.807, 2.05) is 0 Å². The first-order chi connectivity index (χ1) is 8.41. The minimum atomic E-state index is -1.03. The number of esters is 3. The van der Waals surface area contributed by atoms with Gasteiger partial charge in [-0.3, -0.25) is 14.4 Å². The van der Waals surface area contributed by atoms with Crippen LogP contribution < -0.4 is 0 Å². The molecule has 3 saturated heterocycles. The average molecular weight is 254 g/mol. The smallest absolute Gasteiger partial charge is 0.323 e. The Morgan fingerprint density at radius 1 is 1.50 bits per heavy atom. The van der Waals surface area contributed by atoms with Gasteiger partial charge in [-0.2, -0.15) is 0 Å². The Hall–Kier alpha value is -1.43. The van der Waals surface area contributed by atoms with Crippen LogP contribution in [0.25, 0.3) is 0 Å². The maximum atomic E-state index is 12.0. The summed E-state index contributed by atoms with van der Waals surface area (Å²) in [6, 6.07) is 0. The molecule has 0 aromatic heterocycles. The van der Waals surface area contributed by atoms with E-state index in [-0.39, 0.29) is 12.7 Å². The van der Waals surface area contributed by atoms with Crippen LogP contribution in [0.3, 0.4) is 0 Å². The summed E-state index contributed by atoms with van der Waals surface area (Å²) in [5.41, 5.74) is -1.93. The molecule has 0 N–H and O–H groups in total. The van der Waals surface area contributed by atoms with Gasteiger partial charge in [-0.25, -0.2) is 0 Å². The van der Waals surface area contributed by atoms with Crippen molar-refractivity contribution in [2.45, 2.75) is 38.4 Å². The Morgan fingerprint density at radius 3 is 2.89 bits per heavy atom. The Balaban J connectivity index is 1.98. The highest BCUT2D eigenvalue weighted by molar-refractivity contribution is 6.01. The highest BCUT2D eigenvalue weighted by atomic mass is 16.6. The minimum Gasteiger partial charge on any atom is -0.463 e. The van der Waals surface area contributed by atoms with Gasteiger partial charge in [0.25, 0.3) is 0 Å². The molecule has 2 bridgehead atoms. The second-order valence-corrected chi connectivity index (χ2v) is 5.36. The van der Waals surface area contributed by atoms with E-state index >= 15 is 0 Å². The largest absolute Gasteiger partial charge is 0.463 e. The van der Waals surface area contributed by atoms with Gasteiger partial charge in [-0.05, 0) is 19.8 Å². The molecule has 0 aliphatic carbocycles. The number of carbonyl (C=O) groups excluding carboxylic acids is 3. The zero-order valence-corrected chi connectivity index (χ0v) is 10.2. The Labute approximate surface area is 104 Å². The molecular weight excluding hydrogens is 240 g/mol. The lowest BCUT2D eigenvalue weighted by Crippen LogP contribution is -2.53. The Kier molecular flexibility index (Phi) is 2.15. The molecule has 0 saturated carbocycles. The molecule has 98 valence electrons. The lowest BCUT2D eigenvalue weighted by atomic mass is 9.62. The van der Waals surface area contributed by atoms with Gasteiger partial charge in [0.1, 0.15) is 23.5 Å². The molecular formula is C12H14O6. The number of hydrogen-bond donors (Lipinski definition) is 0. The first-order valence-electron chi connectivity index (χ1n) is 5.98. The molecule has 3 aliphatic rings. The second kappa shape index (κ2) is 3.32. The van der Waals surface area contributed by atoms with Crippen LogP contribution in [0.4, 0.5) is 0 Å². The van der Waals surface area contributed by atoms with Crippen LogP contribution in [0.15, 0.2) is 0 Å². The molecule has 6 heteroatoms. The van der Waals surface area contributed by atoms with E-state index in [1.165, 1.54) is 6.92 Å². The first kappa shape index (κ1) is 11.6. The summed E-state index contributed by atoms with van der Waals surface area (Å²) >= 11 is 0. The normalized spacial score (nSPS) is 45.0. The van der Waals surface area contributed by atoms with Crippen molar-refractivity contribution in [2.75, 3.05) is 6.61 Å². The molecule has 0 radical (unpaired) electrons. The van der Waals surface area contributed by atoms with Crippen LogP contribution in [-0.2, 0) is 28.6 Å². The van der Waals surface area contributed by atoms with E-state index in [9.17, 15) is 14.4 Å². The third kappa shape index (κ3) is 1.14. The number of fused-ring (bicyclic) bond motifs is 5. The molecule has 3 aliphatic heterocycles. The monoisotopic (exact) mass is 254 g/mol. The summed E-state index contributed by atoms with van der Waals surface area (Å²) in [5.74, 6) is -2.07. The van der Waals surface area contributed by atoms with Crippen LogP contribution in [0.5, 0.6) is 0 Å². The quantitative estimate of drug-likeness (QED) is 0.517. The predicted molar refractivity (Wildman–Crippen MR) is 56.2 cm³/mol. The predicted octanol–water partition coefficient (Wildman–Crippen LogP) is 0.187. The van der Waals surface area contributed by atoms with E-state index in [1.54, 1.807) is 6.92 Å². The Bertz CT molecular complexity index is 457. The second-order valence-electron chi connectivity index (χ2n) is 5.36. The molecule has 6 nitrogen and oxygen atoms in total. The van der Waals surface area contributed by atoms with Crippen molar-refractivity contribution in [1.82, 2.24) is 0 Å². The lowest BCUT2D eigenvalue weighted by Gasteiger charge is -2.37. The number of carbonyl (C=O) groups is 3. The summed E-state index contributed by atoms with van der Waals surface area (Å²) in [5, 5.41) is 0. The highest BCUT2D eigenvalue weighted by Gasteiger charge is 2.76. The highest BCUT2D eigenvalue weighted by Crippen LogP contribution is 2.62. The Morgan fingerprint density at radius 2 is 2.22 bits per heavy atom. The zero-order valence-electron chi connectivity index (χ0n) is 10.2. The molecule has 0 aromatic rings. The number of cyclic esters (lactones) is 2. The van der Waals surface area contributed by atoms with Gasteiger partial charge in [-0.15, -0.1) is 0 Å². The van der Waals surface area contributed by atoms with Gasteiger partial charge in [-0.1, -0.05) is 0 Å². The van der Waals surface area contributed by atoms with E-state index in [0.717, 1.165) is 0 Å². The first-order valence-corrected chi connectivity index (χ1v) is 5.98. The van der Waals surface area contributed by atoms with Crippen LogP contribution in [0.1, 0.15) is 26.7 Å². The number of ether oxygens (including phenoxy) is 3. The van der Waals surface area contributed by atoms with Crippen molar-refractivity contribution in [3.63, 3.8) is 0 Å². The van der Waals surface area contributed by atoms with Gasteiger partial charge in [0.05, 0.1) is 6.10 Å². The molecule has 0 amide bonds. The summed E-state index contributed by atoms with van der Waals surface area (Å²) < 4.78 is 15.6. The number of rotatable bonds is 2. The standard InChI is InChI=1S/C12H14O6/c1-6(13)16-5-12-4-3-7(18-12)8-9(14)17-10(15)11(8,12)2/h7-8H,3-5H2,1-2H3/t7-,8+,11-,12-/m1/s1. The van der Waals surface area contributed by atoms with Gasteiger partial charge in [0.2, 0.25) is 0 Å². The van der Waals surface area contributed by atoms with Crippen molar-refractivity contribution < 1.29 is 28.6 Å². The molecule has 3 fully saturated rings. The average Bonchev–Trinajstić information content (AvgIpc) is 2.87. The van der Waals surface area contributed by atoms with Crippen LogP contribution in [0, 0.1) is 11.3 Å². The fraction of sp³-hybridized carbons (Fsp3) is 0.750. The van der Waals surface area contributed by atoms with E-state index < -0.39 is 34.8 Å². The van der Waals surface area contributed by atoms with Crippen molar-refractivity contribution in [3.05, 3.63) is 0 Å². The van der Waals surface area contributed by atoms with Crippen molar-refractivity contribution in [2.24, 2.45) is 11.3 Å².